The monoisotopic (exact) mass is 300 g/mol. The van der Waals surface area contributed by atoms with Gasteiger partial charge in [-0.25, -0.2) is 13.6 Å². The maximum atomic E-state index is 11.5. The Hall–Kier alpha value is -1.31. The number of benzene rings is 1. The molecule has 7 heteroatoms. The van der Waals surface area contributed by atoms with Gasteiger partial charge in [-0.15, -0.1) is 0 Å². The number of hydrogen-bond acceptors (Lipinski definition) is 5. The van der Waals surface area contributed by atoms with Crippen molar-refractivity contribution in [1.29, 1.82) is 0 Å². The summed E-state index contributed by atoms with van der Waals surface area (Å²) in [5, 5.41) is 5.19. The highest BCUT2D eigenvalue weighted by Crippen LogP contribution is 2.30. The van der Waals surface area contributed by atoms with Gasteiger partial charge >= 0.3 is 0 Å². The normalized spacial score (nSPS) is 13.5. The van der Waals surface area contributed by atoms with E-state index in [1.165, 1.54) is 6.07 Å². The summed E-state index contributed by atoms with van der Waals surface area (Å²) < 4.78 is 23.1. The Bertz CT molecular complexity index is 557. The zero-order valence-electron chi connectivity index (χ0n) is 12.5. The lowest BCUT2D eigenvalue weighted by Crippen LogP contribution is -2.40. The van der Waals surface area contributed by atoms with Gasteiger partial charge in [-0.3, -0.25) is 0 Å². The fourth-order valence-electron chi connectivity index (χ4n) is 2.38. The first kappa shape index (κ1) is 16.7. The summed E-state index contributed by atoms with van der Waals surface area (Å²) in [5.74, 6) is 0. The fraction of sp³-hybridized carbons (Fsp3) is 0.538. The van der Waals surface area contributed by atoms with Gasteiger partial charge in [-0.2, -0.15) is 0 Å². The number of sulfonamides is 1. The van der Waals surface area contributed by atoms with E-state index < -0.39 is 10.0 Å². The molecule has 0 spiro atoms. The Morgan fingerprint density at radius 2 is 1.90 bits per heavy atom. The molecule has 20 heavy (non-hydrogen) atoms. The Kier molecular flexibility index (Phi) is 5.38. The summed E-state index contributed by atoms with van der Waals surface area (Å²) in [4.78, 5) is 4.13. The predicted molar refractivity (Wildman–Crippen MR) is 83.3 cm³/mol. The number of nitrogens with two attached hydrogens (primary N) is 2. The van der Waals surface area contributed by atoms with Gasteiger partial charge in [0.15, 0.2) is 0 Å². The van der Waals surface area contributed by atoms with Gasteiger partial charge in [-0.05, 0) is 40.1 Å². The van der Waals surface area contributed by atoms with E-state index in [0.29, 0.717) is 5.69 Å². The lowest BCUT2D eigenvalue weighted by molar-refractivity contribution is 0.373. The Morgan fingerprint density at radius 3 is 2.35 bits per heavy atom. The van der Waals surface area contributed by atoms with Crippen LogP contribution in [0.3, 0.4) is 0 Å². The molecule has 0 bridgehead atoms. The SMILES string of the molecule is CCN(c1cccc(S(N)(=O)=O)c1N)C(C)CN(C)C. The summed E-state index contributed by atoms with van der Waals surface area (Å²) in [5.41, 5.74) is 6.91. The van der Waals surface area contributed by atoms with E-state index in [2.05, 4.69) is 16.7 Å². The van der Waals surface area contributed by atoms with E-state index in [9.17, 15) is 8.42 Å². The van der Waals surface area contributed by atoms with Crippen molar-refractivity contribution < 1.29 is 8.42 Å². The largest absolute Gasteiger partial charge is 0.396 e. The minimum atomic E-state index is -3.81. The molecule has 1 atom stereocenters. The molecule has 4 N–H and O–H groups in total. The molecule has 0 fully saturated rings. The van der Waals surface area contributed by atoms with Crippen molar-refractivity contribution in [2.24, 2.45) is 5.14 Å². The second-order valence-electron chi connectivity index (χ2n) is 5.13. The zero-order chi connectivity index (χ0) is 15.5. The van der Waals surface area contributed by atoms with Crippen molar-refractivity contribution in [2.45, 2.75) is 24.8 Å². The minimum absolute atomic E-state index is 0.0227. The quantitative estimate of drug-likeness (QED) is 0.754. The van der Waals surface area contributed by atoms with Crippen LogP contribution in [0.5, 0.6) is 0 Å². The van der Waals surface area contributed by atoms with Gasteiger partial charge in [0.1, 0.15) is 4.90 Å². The average molecular weight is 300 g/mol. The molecular weight excluding hydrogens is 276 g/mol. The van der Waals surface area contributed by atoms with Crippen LogP contribution in [0.25, 0.3) is 0 Å². The number of rotatable bonds is 6. The molecule has 1 aromatic rings. The van der Waals surface area contributed by atoms with Crippen molar-refractivity contribution in [3.8, 4) is 0 Å². The lowest BCUT2D eigenvalue weighted by Gasteiger charge is -2.33. The smallest absolute Gasteiger partial charge is 0.240 e. The van der Waals surface area contributed by atoms with Crippen LogP contribution >= 0.6 is 0 Å². The van der Waals surface area contributed by atoms with Crippen LogP contribution < -0.4 is 15.8 Å². The second kappa shape index (κ2) is 6.43. The molecule has 0 radical (unpaired) electrons. The average Bonchev–Trinajstić information content (AvgIpc) is 2.29. The molecule has 1 aromatic carbocycles. The molecule has 114 valence electrons. The molecule has 6 nitrogen and oxygen atoms in total. The fourth-order valence-corrected chi connectivity index (χ4v) is 3.06. The van der Waals surface area contributed by atoms with Crippen LogP contribution in [0.15, 0.2) is 23.1 Å². The van der Waals surface area contributed by atoms with E-state index >= 15 is 0 Å². The third-order valence-corrected chi connectivity index (χ3v) is 4.13. The summed E-state index contributed by atoms with van der Waals surface area (Å²) >= 11 is 0. The molecule has 0 saturated heterocycles. The number of anilines is 2. The minimum Gasteiger partial charge on any atom is -0.396 e. The maximum absolute atomic E-state index is 11.5. The van der Waals surface area contributed by atoms with Crippen LogP contribution in [0.4, 0.5) is 11.4 Å². The molecule has 0 saturated carbocycles. The number of nitrogens with zero attached hydrogens (tertiary/aromatic N) is 2. The highest BCUT2D eigenvalue weighted by atomic mass is 32.2. The van der Waals surface area contributed by atoms with Crippen molar-refractivity contribution >= 4 is 21.4 Å². The Labute approximate surface area is 121 Å². The second-order valence-corrected chi connectivity index (χ2v) is 6.66. The zero-order valence-corrected chi connectivity index (χ0v) is 13.3. The molecule has 0 aliphatic rings. The third kappa shape index (κ3) is 3.84. The first-order valence-corrected chi connectivity index (χ1v) is 8.05. The first-order chi connectivity index (χ1) is 9.18. The number of primary sulfonamides is 1. The van der Waals surface area contributed by atoms with Crippen molar-refractivity contribution in [1.82, 2.24) is 4.90 Å². The summed E-state index contributed by atoms with van der Waals surface area (Å²) in [6, 6.07) is 5.11. The van der Waals surface area contributed by atoms with Crippen molar-refractivity contribution in [2.75, 3.05) is 37.8 Å². The van der Waals surface area contributed by atoms with Crippen LogP contribution in [-0.4, -0.2) is 46.5 Å². The molecule has 0 heterocycles. The van der Waals surface area contributed by atoms with Gasteiger partial charge in [-0.1, -0.05) is 6.07 Å². The summed E-state index contributed by atoms with van der Waals surface area (Å²) in [7, 11) is 0.180. The van der Waals surface area contributed by atoms with Gasteiger partial charge in [0.2, 0.25) is 10.0 Å². The first-order valence-electron chi connectivity index (χ1n) is 6.51. The van der Waals surface area contributed by atoms with Gasteiger partial charge in [0.05, 0.1) is 11.4 Å². The summed E-state index contributed by atoms with van der Waals surface area (Å²) in [6.07, 6.45) is 0. The topological polar surface area (TPSA) is 92.7 Å². The number of hydrogen-bond donors (Lipinski definition) is 2. The van der Waals surface area contributed by atoms with Crippen LogP contribution in [0.2, 0.25) is 0 Å². The molecule has 0 amide bonds. The predicted octanol–water partition coefficient (Wildman–Crippen LogP) is 0.693. The van der Waals surface area contributed by atoms with Gasteiger partial charge in [0.25, 0.3) is 0 Å². The molecule has 0 aromatic heterocycles. The van der Waals surface area contributed by atoms with E-state index in [1.54, 1.807) is 6.07 Å². The standard InChI is InChI=1S/C13H24N4O2S/c1-5-17(10(2)9-16(3)4)11-7-6-8-12(13(11)14)20(15,18)19/h6-8,10H,5,9,14H2,1-4H3,(H2,15,18,19). The molecule has 0 aliphatic heterocycles. The summed E-state index contributed by atoms with van der Waals surface area (Å²) in [6.45, 7) is 5.65. The maximum Gasteiger partial charge on any atom is 0.240 e. The number of para-hydroxylation sites is 1. The van der Waals surface area contributed by atoms with E-state index in [1.807, 2.05) is 27.1 Å². The van der Waals surface area contributed by atoms with Crippen LogP contribution in [0, 0.1) is 0 Å². The molecule has 1 unspecified atom stereocenters. The third-order valence-electron chi connectivity index (χ3n) is 3.16. The highest BCUT2D eigenvalue weighted by molar-refractivity contribution is 7.89. The lowest BCUT2D eigenvalue weighted by atomic mass is 10.2. The molecule has 1 rings (SSSR count). The molecule has 0 aliphatic carbocycles. The van der Waals surface area contributed by atoms with Crippen molar-refractivity contribution in [3.05, 3.63) is 18.2 Å². The number of nitrogen functional groups attached to an aromatic ring is 1. The van der Waals surface area contributed by atoms with E-state index in [-0.39, 0.29) is 16.6 Å². The van der Waals surface area contributed by atoms with Crippen LogP contribution in [0.1, 0.15) is 13.8 Å². The van der Waals surface area contributed by atoms with E-state index in [0.717, 1.165) is 13.1 Å². The van der Waals surface area contributed by atoms with Crippen LogP contribution in [-0.2, 0) is 10.0 Å². The highest BCUT2D eigenvalue weighted by Gasteiger charge is 2.20. The van der Waals surface area contributed by atoms with Crippen molar-refractivity contribution in [3.63, 3.8) is 0 Å². The van der Waals surface area contributed by atoms with Gasteiger partial charge < -0.3 is 15.5 Å². The molecular formula is C13H24N4O2S. The Balaban J connectivity index is 3.24. The Morgan fingerprint density at radius 1 is 1.30 bits per heavy atom. The van der Waals surface area contributed by atoms with Gasteiger partial charge in [0, 0.05) is 19.1 Å². The number of likely N-dealkylation sites (N-methyl/N-ethyl adjacent to an activating group) is 2. The van der Waals surface area contributed by atoms with E-state index in [4.69, 9.17) is 10.9 Å².